The Labute approximate surface area is 140 Å². The van der Waals surface area contributed by atoms with Crippen molar-refractivity contribution < 1.29 is 13.6 Å². The van der Waals surface area contributed by atoms with Crippen molar-refractivity contribution in [3.05, 3.63) is 58.9 Å². The van der Waals surface area contributed by atoms with Gasteiger partial charge in [-0.05, 0) is 37.6 Å². The van der Waals surface area contributed by atoms with Crippen LogP contribution in [0.5, 0.6) is 0 Å². The van der Waals surface area contributed by atoms with E-state index in [-0.39, 0.29) is 22.1 Å². The first kappa shape index (κ1) is 16.1. The van der Waals surface area contributed by atoms with E-state index in [1.807, 2.05) is 0 Å². The molecule has 0 saturated carbocycles. The highest BCUT2D eigenvalue weighted by atomic mass is 32.1. The zero-order valence-electron chi connectivity index (χ0n) is 12.8. The molecule has 0 radical (unpaired) electrons. The number of aromatic nitrogens is 3. The number of nitrogens with zero attached hydrogens (tertiary/aromatic N) is 3. The predicted molar refractivity (Wildman–Crippen MR) is 86.9 cm³/mol. The highest BCUT2D eigenvalue weighted by Gasteiger charge is 2.19. The zero-order valence-corrected chi connectivity index (χ0v) is 13.6. The van der Waals surface area contributed by atoms with Gasteiger partial charge < -0.3 is 0 Å². The first-order chi connectivity index (χ1) is 11.5. The lowest BCUT2D eigenvalue weighted by Gasteiger charge is -2.04. The van der Waals surface area contributed by atoms with Crippen LogP contribution < -0.4 is 5.32 Å². The van der Waals surface area contributed by atoms with Crippen LogP contribution in [0.2, 0.25) is 0 Å². The summed E-state index contributed by atoms with van der Waals surface area (Å²) in [6, 6.07) is 5.77. The van der Waals surface area contributed by atoms with Crippen LogP contribution >= 0.6 is 11.5 Å². The van der Waals surface area contributed by atoms with Gasteiger partial charge in [0.25, 0.3) is 5.91 Å². The van der Waals surface area contributed by atoms with Gasteiger partial charge in [0.1, 0.15) is 11.6 Å². The number of carbonyl (C=O) groups is 1. The number of nitrogens with one attached hydrogen (secondary N) is 1. The van der Waals surface area contributed by atoms with Crippen molar-refractivity contribution in [2.75, 3.05) is 5.32 Å². The van der Waals surface area contributed by atoms with Gasteiger partial charge in [0.05, 0.1) is 11.1 Å². The number of carbonyl (C=O) groups excluding carboxylic acids is 1. The highest BCUT2D eigenvalue weighted by molar-refractivity contribution is 7.10. The minimum Gasteiger partial charge on any atom is -0.297 e. The zero-order chi connectivity index (χ0) is 17.3. The van der Waals surface area contributed by atoms with Crippen molar-refractivity contribution in [1.82, 2.24) is 14.3 Å². The minimum absolute atomic E-state index is 0.100. The summed E-state index contributed by atoms with van der Waals surface area (Å²) in [5.74, 6) is -1.98. The van der Waals surface area contributed by atoms with Crippen molar-refractivity contribution in [1.29, 1.82) is 0 Å². The molecule has 1 aromatic carbocycles. The largest absolute Gasteiger partial charge is 0.297 e. The van der Waals surface area contributed by atoms with Gasteiger partial charge in [0, 0.05) is 23.4 Å². The summed E-state index contributed by atoms with van der Waals surface area (Å²) in [7, 11) is 0. The number of amides is 1. The standard InChI is InChI=1S/C16H12F2N4OS/c1-8-5-6-11(17)12(13(8)18)14-20-16(24-22-14)21-15(23)10-4-3-7-19-9(10)2/h3-7H,1-2H3,(H,20,21,22,23). The molecule has 1 amide bonds. The van der Waals surface area contributed by atoms with Crippen LogP contribution in [0.4, 0.5) is 13.9 Å². The Morgan fingerprint density at radius 2 is 2.00 bits per heavy atom. The molecule has 0 unspecified atom stereocenters. The monoisotopic (exact) mass is 346 g/mol. The van der Waals surface area contributed by atoms with Crippen molar-refractivity contribution in [3.63, 3.8) is 0 Å². The van der Waals surface area contributed by atoms with Crippen LogP contribution in [-0.4, -0.2) is 20.2 Å². The molecule has 3 rings (SSSR count). The summed E-state index contributed by atoms with van der Waals surface area (Å²) in [4.78, 5) is 20.3. The molecular weight excluding hydrogens is 334 g/mol. The lowest BCUT2D eigenvalue weighted by Crippen LogP contribution is -2.13. The molecule has 0 spiro atoms. The summed E-state index contributed by atoms with van der Waals surface area (Å²) < 4.78 is 32.0. The lowest BCUT2D eigenvalue weighted by molar-refractivity contribution is 0.102. The Morgan fingerprint density at radius 3 is 2.75 bits per heavy atom. The second-order valence-corrected chi connectivity index (χ2v) is 5.82. The van der Waals surface area contributed by atoms with Crippen molar-refractivity contribution in [2.24, 2.45) is 0 Å². The summed E-state index contributed by atoms with van der Waals surface area (Å²) >= 11 is 0.850. The van der Waals surface area contributed by atoms with Gasteiger partial charge in [-0.25, -0.2) is 8.78 Å². The molecule has 122 valence electrons. The maximum absolute atomic E-state index is 14.1. The average molecular weight is 346 g/mol. The molecule has 2 heterocycles. The van der Waals surface area contributed by atoms with Gasteiger partial charge in [-0.15, -0.1) is 0 Å². The minimum atomic E-state index is -0.753. The fraction of sp³-hybridized carbons (Fsp3) is 0.125. The number of benzene rings is 1. The van der Waals surface area contributed by atoms with Crippen LogP contribution in [0.1, 0.15) is 21.6 Å². The van der Waals surface area contributed by atoms with Crippen LogP contribution in [0, 0.1) is 25.5 Å². The maximum atomic E-state index is 14.1. The third kappa shape index (κ3) is 3.00. The topological polar surface area (TPSA) is 67.8 Å². The Balaban J connectivity index is 1.89. The number of aryl methyl sites for hydroxylation is 2. The molecule has 0 fully saturated rings. The van der Waals surface area contributed by atoms with Crippen molar-refractivity contribution in [3.8, 4) is 11.4 Å². The molecule has 0 saturated heterocycles. The van der Waals surface area contributed by atoms with Crippen LogP contribution in [0.3, 0.4) is 0 Å². The third-order valence-corrected chi connectivity index (χ3v) is 4.04. The Hall–Kier alpha value is -2.74. The van der Waals surface area contributed by atoms with Gasteiger partial charge in [-0.2, -0.15) is 9.36 Å². The predicted octanol–water partition coefficient (Wildman–Crippen LogP) is 3.75. The Bertz CT molecular complexity index is 926. The molecule has 5 nitrogen and oxygen atoms in total. The quantitative estimate of drug-likeness (QED) is 0.784. The number of anilines is 1. The van der Waals surface area contributed by atoms with E-state index >= 15 is 0 Å². The normalized spacial score (nSPS) is 10.7. The first-order valence-corrected chi connectivity index (χ1v) is 7.76. The smallest absolute Gasteiger partial charge is 0.259 e. The van der Waals surface area contributed by atoms with E-state index in [0.717, 1.165) is 17.6 Å². The van der Waals surface area contributed by atoms with Gasteiger partial charge >= 0.3 is 0 Å². The molecular formula is C16H12F2N4OS. The molecule has 8 heteroatoms. The molecule has 0 aliphatic heterocycles. The molecule has 0 aliphatic carbocycles. The van der Waals surface area contributed by atoms with E-state index in [4.69, 9.17) is 0 Å². The number of hydrogen-bond acceptors (Lipinski definition) is 5. The van der Waals surface area contributed by atoms with Crippen molar-refractivity contribution >= 4 is 22.6 Å². The van der Waals surface area contributed by atoms with E-state index < -0.39 is 17.5 Å². The van der Waals surface area contributed by atoms with E-state index in [1.54, 1.807) is 25.3 Å². The molecule has 3 aromatic rings. The summed E-state index contributed by atoms with van der Waals surface area (Å²) in [6.45, 7) is 3.23. The molecule has 0 atom stereocenters. The van der Waals surface area contributed by atoms with E-state index in [2.05, 4.69) is 19.7 Å². The molecule has 0 aliphatic rings. The summed E-state index contributed by atoms with van der Waals surface area (Å²) in [6.07, 6.45) is 1.58. The fourth-order valence-corrected chi connectivity index (χ4v) is 2.70. The highest BCUT2D eigenvalue weighted by Crippen LogP contribution is 2.28. The SMILES string of the molecule is Cc1ccc(F)c(-c2nsc(NC(=O)c3cccnc3C)n2)c1F. The van der Waals surface area contributed by atoms with E-state index in [9.17, 15) is 13.6 Å². The van der Waals surface area contributed by atoms with Crippen LogP contribution in [0.15, 0.2) is 30.5 Å². The van der Waals surface area contributed by atoms with Crippen molar-refractivity contribution in [2.45, 2.75) is 13.8 Å². The molecule has 0 bridgehead atoms. The summed E-state index contributed by atoms with van der Waals surface area (Å²) in [5.41, 5.74) is 0.944. The van der Waals surface area contributed by atoms with Gasteiger partial charge in [-0.1, -0.05) is 6.07 Å². The molecule has 1 N–H and O–H groups in total. The number of rotatable bonds is 3. The van der Waals surface area contributed by atoms with E-state index in [1.165, 1.54) is 13.0 Å². The molecule has 24 heavy (non-hydrogen) atoms. The Morgan fingerprint density at radius 1 is 1.21 bits per heavy atom. The number of halogens is 2. The second-order valence-electron chi connectivity index (χ2n) is 5.07. The Kier molecular flexibility index (Phi) is 4.30. The number of pyridine rings is 1. The second kappa shape index (κ2) is 6.40. The third-order valence-electron chi connectivity index (χ3n) is 3.41. The van der Waals surface area contributed by atoms with Crippen LogP contribution in [0.25, 0.3) is 11.4 Å². The molecule has 2 aromatic heterocycles. The van der Waals surface area contributed by atoms with E-state index in [0.29, 0.717) is 11.3 Å². The maximum Gasteiger partial charge on any atom is 0.259 e. The van der Waals surface area contributed by atoms with Gasteiger partial charge in [0.15, 0.2) is 5.82 Å². The fourth-order valence-electron chi connectivity index (χ4n) is 2.13. The van der Waals surface area contributed by atoms with Gasteiger partial charge in [-0.3, -0.25) is 15.1 Å². The summed E-state index contributed by atoms with van der Waals surface area (Å²) in [5, 5.41) is 2.72. The average Bonchev–Trinajstić information content (AvgIpc) is 3.00. The number of hydrogen-bond donors (Lipinski definition) is 1. The lowest BCUT2D eigenvalue weighted by atomic mass is 10.1. The first-order valence-electron chi connectivity index (χ1n) is 6.99. The van der Waals surface area contributed by atoms with Gasteiger partial charge in [0.2, 0.25) is 5.13 Å². The van der Waals surface area contributed by atoms with Crippen LogP contribution in [-0.2, 0) is 0 Å².